The van der Waals surface area contributed by atoms with Gasteiger partial charge in [-0.3, -0.25) is 4.79 Å². The van der Waals surface area contributed by atoms with Crippen molar-refractivity contribution in [2.24, 2.45) is 0 Å². The van der Waals surface area contributed by atoms with Crippen LogP contribution in [0.3, 0.4) is 0 Å². The Morgan fingerprint density at radius 1 is 1.18 bits per heavy atom. The maximum absolute atomic E-state index is 12.4. The van der Waals surface area contributed by atoms with Gasteiger partial charge in [-0.1, -0.05) is 18.2 Å². The van der Waals surface area contributed by atoms with Crippen LogP contribution in [-0.2, 0) is 11.2 Å². The number of hydrogen-bond acceptors (Lipinski definition) is 5. The van der Waals surface area contributed by atoms with Gasteiger partial charge in [-0.25, -0.2) is 0 Å². The molecule has 150 valence electrons. The van der Waals surface area contributed by atoms with Crippen molar-refractivity contribution >= 4 is 5.91 Å². The van der Waals surface area contributed by atoms with Crippen molar-refractivity contribution in [3.05, 3.63) is 53.6 Å². The second kappa shape index (κ2) is 9.46. The molecule has 1 unspecified atom stereocenters. The van der Waals surface area contributed by atoms with Crippen LogP contribution in [0.25, 0.3) is 0 Å². The van der Waals surface area contributed by atoms with Crippen LogP contribution in [0, 0.1) is 0 Å². The molecule has 2 aromatic carbocycles. The number of methoxy groups -OCH3 is 1. The second-order valence-corrected chi connectivity index (χ2v) is 6.90. The Morgan fingerprint density at radius 3 is 2.75 bits per heavy atom. The summed E-state index contributed by atoms with van der Waals surface area (Å²) in [5.41, 5.74) is 1.85. The first-order valence-corrected chi connectivity index (χ1v) is 9.51. The first kappa shape index (κ1) is 20.0. The maximum atomic E-state index is 12.4. The number of aliphatic hydroxyl groups excluding tert-OH is 1. The Labute approximate surface area is 165 Å². The Bertz CT molecular complexity index is 807. The van der Waals surface area contributed by atoms with Gasteiger partial charge in [0.15, 0.2) is 11.5 Å². The van der Waals surface area contributed by atoms with E-state index in [4.69, 9.17) is 14.2 Å². The first-order valence-electron chi connectivity index (χ1n) is 9.51. The number of hydrogen-bond donors (Lipinski definition) is 1. The molecular formula is C22H27NO5. The molecule has 1 atom stereocenters. The van der Waals surface area contributed by atoms with Crippen molar-refractivity contribution in [3.8, 4) is 17.2 Å². The number of benzene rings is 2. The van der Waals surface area contributed by atoms with Crippen LogP contribution in [0.2, 0.25) is 0 Å². The fraction of sp³-hybridized carbons (Fsp3) is 0.409. The van der Waals surface area contributed by atoms with Gasteiger partial charge in [-0.2, -0.15) is 0 Å². The Hall–Kier alpha value is -2.73. The van der Waals surface area contributed by atoms with E-state index in [0.717, 1.165) is 35.5 Å². The predicted octanol–water partition coefficient (Wildman–Crippen LogP) is 2.98. The van der Waals surface area contributed by atoms with Gasteiger partial charge in [0.25, 0.3) is 0 Å². The zero-order valence-electron chi connectivity index (χ0n) is 16.4. The van der Waals surface area contributed by atoms with E-state index in [2.05, 4.69) is 0 Å². The molecule has 0 saturated heterocycles. The highest BCUT2D eigenvalue weighted by molar-refractivity contribution is 5.75. The normalized spacial score (nSPS) is 13.7. The molecule has 0 aliphatic carbocycles. The monoisotopic (exact) mass is 385 g/mol. The van der Waals surface area contributed by atoms with Crippen LogP contribution >= 0.6 is 0 Å². The molecule has 0 aromatic heterocycles. The number of likely N-dealkylation sites (N-methyl/N-ethyl adjacent to an activating group) is 1. The molecule has 1 amide bonds. The largest absolute Gasteiger partial charge is 0.497 e. The topological polar surface area (TPSA) is 68.2 Å². The molecule has 2 aromatic rings. The van der Waals surface area contributed by atoms with Crippen LogP contribution in [0.5, 0.6) is 17.2 Å². The van der Waals surface area contributed by atoms with Crippen LogP contribution in [0.4, 0.5) is 0 Å². The van der Waals surface area contributed by atoms with E-state index in [9.17, 15) is 9.90 Å². The number of carbonyl (C=O) groups excluding carboxylic acids is 1. The summed E-state index contributed by atoms with van der Waals surface area (Å²) in [6.45, 7) is 1.39. The Kier molecular flexibility index (Phi) is 6.76. The summed E-state index contributed by atoms with van der Waals surface area (Å²) >= 11 is 0. The predicted molar refractivity (Wildman–Crippen MR) is 106 cm³/mol. The third-order valence-electron chi connectivity index (χ3n) is 4.81. The highest BCUT2D eigenvalue weighted by Gasteiger charge is 2.16. The molecule has 28 heavy (non-hydrogen) atoms. The SMILES string of the molecule is COc1cccc(C(O)CN(C)C(=O)CCCc2ccc3c(c2)OCCO3)c1. The van der Waals surface area contributed by atoms with Gasteiger partial charge in [0.1, 0.15) is 19.0 Å². The van der Waals surface area contributed by atoms with Gasteiger partial charge >= 0.3 is 0 Å². The number of carbonyl (C=O) groups is 1. The molecule has 1 aliphatic heterocycles. The van der Waals surface area contributed by atoms with Gasteiger partial charge < -0.3 is 24.2 Å². The van der Waals surface area contributed by atoms with E-state index in [1.807, 2.05) is 36.4 Å². The lowest BCUT2D eigenvalue weighted by molar-refractivity contribution is -0.131. The molecule has 3 rings (SSSR count). The van der Waals surface area contributed by atoms with Crippen LogP contribution < -0.4 is 14.2 Å². The summed E-state index contributed by atoms with van der Waals surface area (Å²) in [6.07, 6.45) is 1.20. The number of rotatable bonds is 8. The zero-order valence-corrected chi connectivity index (χ0v) is 16.4. The highest BCUT2D eigenvalue weighted by atomic mass is 16.6. The van der Waals surface area contributed by atoms with Gasteiger partial charge in [0.05, 0.1) is 19.8 Å². The number of aryl methyl sites for hydroxylation is 1. The van der Waals surface area contributed by atoms with Crippen molar-refractivity contribution in [2.45, 2.75) is 25.4 Å². The number of ether oxygens (including phenoxy) is 3. The molecule has 1 heterocycles. The molecule has 0 fully saturated rings. The molecule has 1 N–H and O–H groups in total. The summed E-state index contributed by atoms with van der Waals surface area (Å²) in [5.74, 6) is 2.25. The fourth-order valence-electron chi connectivity index (χ4n) is 3.19. The van der Waals surface area contributed by atoms with Crippen molar-refractivity contribution in [3.63, 3.8) is 0 Å². The third kappa shape index (κ3) is 5.16. The number of amides is 1. The summed E-state index contributed by atoms with van der Waals surface area (Å²) < 4.78 is 16.3. The first-order chi connectivity index (χ1) is 13.6. The van der Waals surface area contributed by atoms with Gasteiger partial charge in [0, 0.05) is 13.5 Å². The Morgan fingerprint density at radius 2 is 1.96 bits per heavy atom. The average Bonchev–Trinajstić information content (AvgIpc) is 2.73. The number of nitrogens with zero attached hydrogens (tertiary/aromatic N) is 1. The number of aliphatic hydroxyl groups is 1. The summed E-state index contributed by atoms with van der Waals surface area (Å²) in [5, 5.41) is 10.4. The second-order valence-electron chi connectivity index (χ2n) is 6.90. The molecule has 6 heteroatoms. The fourth-order valence-corrected chi connectivity index (χ4v) is 3.19. The summed E-state index contributed by atoms with van der Waals surface area (Å²) in [4.78, 5) is 14.0. The van der Waals surface area contributed by atoms with E-state index < -0.39 is 6.10 Å². The molecular weight excluding hydrogens is 358 g/mol. The smallest absolute Gasteiger partial charge is 0.222 e. The van der Waals surface area contributed by atoms with Gasteiger partial charge in [-0.15, -0.1) is 0 Å². The summed E-state index contributed by atoms with van der Waals surface area (Å²) in [6, 6.07) is 13.2. The minimum absolute atomic E-state index is 0.0134. The van der Waals surface area contributed by atoms with E-state index in [1.54, 1.807) is 25.1 Å². The average molecular weight is 385 g/mol. The van der Waals surface area contributed by atoms with Crippen LogP contribution in [-0.4, -0.2) is 49.8 Å². The lowest BCUT2D eigenvalue weighted by Crippen LogP contribution is -2.31. The lowest BCUT2D eigenvalue weighted by atomic mass is 10.1. The molecule has 0 spiro atoms. The molecule has 1 aliphatic rings. The van der Waals surface area contributed by atoms with Gasteiger partial charge in [-0.05, 0) is 48.2 Å². The van der Waals surface area contributed by atoms with Crippen LogP contribution in [0.15, 0.2) is 42.5 Å². The van der Waals surface area contributed by atoms with Crippen molar-refractivity contribution in [1.29, 1.82) is 0 Å². The van der Waals surface area contributed by atoms with Crippen LogP contribution in [0.1, 0.15) is 30.1 Å². The molecule has 0 radical (unpaired) electrons. The van der Waals surface area contributed by atoms with E-state index in [1.165, 1.54) is 0 Å². The quantitative estimate of drug-likeness (QED) is 0.757. The van der Waals surface area contributed by atoms with Crippen molar-refractivity contribution in [1.82, 2.24) is 4.90 Å². The van der Waals surface area contributed by atoms with Crippen molar-refractivity contribution in [2.75, 3.05) is 33.9 Å². The molecule has 6 nitrogen and oxygen atoms in total. The highest BCUT2D eigenvalue weighted by Crippen LogP contribution is 2.31. The van der Waals surface area contributed by atoms with Gasteiger partial charge in [0.2, 0.25) is 5.91 Å². The van der Waals surface area contributed by atoms with E-state index >= 15 is 0 Å². The number of fused-ring (bicyclic) bond motifs is 1. The standard InChI is InChI=1S/C22H27NO5/c1-23(15-19(24)17-6-4-7-18(14-17)26-2)22(25)8-3-5-16-9-10-20-21(13-16)28-12-11-27-20/h4,6-7,9-10,13-14,19,24H,3,5,8,11-12,15H2,1-2H3. The third-order valence-corrected chi connectivity index (χ3v) is 4.81. The minimum Gasteiger partial charge on any atom is -0.497 e. The molecule has 0 saturated carbocycles. The minimum atomic E-state index is -0.748. The summed E-state index contributed by atoms with van der Waals surface area (Å²) in [7, 11) is 3.30. The Balaban J connectivity index is 1.46. The van der Waals surface area contributed by atoms with E-state index in [-0.39, 0.29) is 12.5 Å². The van der Waals surface area contributed by atoms with Crippen molar-refractivity contribution < 1.29 is 24.1 Å². The lowest BCUT2D eigenvalue weighted by Gasteiger charge is -2.21. The molecule has 0 bridgehead atoms. The van der Waals surface area contributed by atoms with E-state index in [0.29, 0.717) is 25.4 Å². The zero-order chi connectivity index (χ0) is 19.9. The maximum Gasteiger partial charge on any atom is 0.222 e.